The van der Waals surface area contributed by atoms with Crippen LogP contribution in [0.4, 0.5) is 0 Å². The average molecular weight is 717 g/mol. The molecule has 0 bridgehead atoms. The maximum atomic E-state index is 13.2. The molecule has 0 aromatic heterocycles. The van der Waals surface area contributed by atoms with Gasteiger partial charge in [-0.1, -0.05) is 55.4 Å². The number of aliphatic carboxylic acids is 1. The molecular weight excluding hydrogens is 652 g/mol. The van der Waals surface area contributed by atoms with Gasteiger partial charge in [0.25, 0.3) is 11.8 Å². The Bertz CT molecular complexity index is 1120. The van der Waals surface area contributed by atoms with Gasteiger partial charge in [0.2, 0.25) is 17.7 Å². The van der Waals surface area contributed by atoms with Crippen LogP contribution in [0.2, 0.25) is 0 Å². The zero-order valence-corrected chi connectivity index (χ0v) is 31.4. The topological polar surface area (TPSA) is 270 Å². The Balaban J connectivity index is 5.39. The van der Waals surface area contributed by atoms with Crippen molar-refractivity contribution in [3.05, 3.63) is 0 Å². The van der Waals surface area contributed by atoms with Crippen molar-refractivity contribution >= 4 is 35.5 Å². The average Bonchev–Trinajstić information content (AvgIpc) is 2.96. The molecule has 0 saturated carbocycles. The third-order valence-corrected chi connectivity index (χ3v) is 8.18. The maximum Gasteiger partial charge on any atom is 0.334 e. The number of carbonyl (C=O) groups excluding carboxylic acids is 5. The van der Waals surface area contributed by atoms with Gasteiger partial charge in [0, 0.05) is 37.4 Å². The minimum Gasteiger partial charge on any atom is -0.479 e. The molecule has 5 amide bonds. The first kappa shape index (κ1) is 46.7. The molecule has 0 spiro atoms. The van der Waals surface area contributed by atoms with Gasteiger partial charge < -0.3 is 52.7 Å². The Morgan fingerprint density at radius 1 is 0.560 bits per heavy atom. The van der Waals surface area contributed by atoms with Crippen LogP contribution >= 0.6 is 0 Å². The molecule has 16 nitrogen and oxygen atoms in total. The van der Waals surface area contributed by atoms with E-state index in [0.29, 0.717) is 6.42 Å². The number of nitrogens with one attached hydrogen (secondary N) is 5. The van der Waals surface area contributed by atoms with Gasteiger partial charge in [0.05, 0.1) is 18.1 Å². The Hall–Kier alpha value is -3.34. The summed E-state index contributed by atoms with van der Waals surface area (Å²) in [6, 6.07) is -4.90. The highest BCUT2D eigenvalue weighted by atomic mass is 16.4. The van der Waals surface area contributed by atoms with Gasteiger partial charge in [-0.25, -0.2) is 4.79 Å². The second kappa shape index (κ2) is 22.5. The molecule has 0 fully saturated rings. The van der Waals surface area contributed by atoms with E-state index in [4.69, 9.17) is 10.8 Å². The van der Waals surface area contributed by atoms with Crippen molar-refractivity contribution in [2.24, 2.45) is 29.4 Å². The summed E-state index contributed by atoms with van der Waals surface area (Å²) in [7, 11) is 0. The second-order valence-electron chi connectivity index (χ2n) is 14.9. The highest BCUT2D eigenvalue weighted by Gasteiger charge is 2.33. The van der Waals surface area contributed by atoms with Crippen LogP contribution in [0.25, 0.3) is 0 Å². The van der Waals surface area contributed by atoms with Crippen LogP contribution in [0.3, 0.4) is 0 Å². The van der Waals surface area contributed by atoms with Crippen LogP contribution in [0.1, 0.15) is 101 Å². The molecular formula is C34H64N6O10. The first-order chi connectivity index (χ1) is 23.0. The Labute approximate surface area is 296 Å². The van der Waals surface area contributed by atoms with Crippen LogP contribution in [-0.2, 0) is 28.8 Å². The van der Waals surface area contributed by atoms with Gasteiger partial charge in [-0.15, -0.1) is 0 Å². The zero-order chi connectivity index (χ0) is 39.0. The van der Waals surface area contributed by atoms with Crippen molar-refractivity contribution < 1.29 is 49.2 Å². The second-order valence-corrected chi connectivity index (χ2v) is 14.9. The van der Waals surface area contributed by atoms with Crippen LogP contribution in [0, 0.1) is 23.7 Å². The summed E-state index contributed by atoms with van der Waals surface area (Å²) < 4.78 is 0. The molecule has 50 heavy (non-hydrogen) atoms. The molecule has 0 unspecified atom stereocenters. The van der Waals surface area contributed by atoms with Crippen molar-refractivity contribution in [2.45, 2.75) is 156 Å². The normalized spacial score (nSPS) is 17.2. The summed E-state index contributed by atoms with van der Waals surface area (Å²) in [5, 5.41) is 53.6. The van der Waals surface area contributed by atoms with Gasteiger partial charge in [-0.3, -0.25) is 24.0 Å². The predicted octanol–water partition coefficient (Wildman–Crippen LogP) is -0.481. The SMILES string of the molecule is CC(C)C[C@@H](CC(=O)N[C@@H](C(C)C)[C@H](O)C(=O)N[C@@H](C)CC(=O)N[C@@H](CC(C)C)[C@H](O)C(=O)O)NC(=O)[C@@H](O)[C@H](C)NC(=O)C[C@@H](N)C(C)C. The molecule has 0 aliphatic rings. The summed E-state index contributed by atoms with van der Waals surface area (Å²) in [6.07, 6.45) is -5.01. The number of amides is 5. The highest BCUT2D eigenvalue weighted by molar-refractivity contribution is 5.86. The third-order valence-electron chi connectivity index (χ3n) is 8.18. The summed E-state index contributed by atoms with van der Waals surface area (Å²) in [5.41, 5.74) is 5.94. The first-order valence-corrected chi connectivity index (χ1v) is 17.5. The van der Waals surface area contributed by atoms with Gasteiger partial charge in [-0.2, -0.15) is 0 Å². The van der Waals surface area contributed by atoms with Crippen molar-refractivity contribution in [2.75, 3.05) is 0 Å². The van der Waals surface area contributed by atoms with E-state index >= 15 is 0 Å². The summed E-state index contributed by atoms with van der Waals surface area (Å²) in [5.74, 6) is -5.02. The van der Waals surface area contributed by atoms with Gasteiger partial charge in [0.15, 0.2) is 18.3 Å². The molecule has 0 heterocycles. The summed E-state index contributed by atoms with van der Waals surface area (Å²) >= 11 is 0. The number of aliphatic hydroxyl groups excluding tert-OH is 3. The Morgan fingerprint density at radius 3 is 1.54 bits per heavy atom. The zero-order valence-electron chi connectivity index (χ0n) is 31.4. The molecule has 0 rings (SSSR count). The predicted molar refractivity (Wildman–Crippen MR) is 187 cm³/mol. The molecule has 0 saturated heterocycles. The largest absolute Gasteiger partial charge is 0.479 e. The van der Waals surface area contributed by atoms with E-state index in [1.807, 2.05) is 41.5 Å². The van der Waals surface area contributed by atoms with E-state index in [2.05, 4.69) is 26.6 Å². The van der Waals surface area contributed by atoms with E-state index in [9.17, 15) is 44.1 Å². The van der Waals surface area contributed by atoms with Gasteiger partial charge >= 0.3 is 5.97 Å². The highest BCUT2D eigenvalue weighted by Crippen LogP contribution is 2.13. The number of carboxylic acid groups (broad SMARTS) is 1. The van der Waals surface area contributed by atoms with E-state index in [1.165, 1.54) is 13.8 Å². The Morgan fingerprint density at radius 2 is 1.06 bits per heavy atom. The number of hydrogen-bond donors (Lipinski definition) is 10. The monoisotopic (exact) mass is 716 g/mol. The molecule has 0 aromatic rings. The molecule has 0 aliphatic heterocycles. The van der Waals surface area contributed by atoms with Crippen LogP contribution in [0.5, 0.6) is 0 Å². The molecule has 11 N–H and O–H groups in total. The fourth-order valence-corrected chi connectivity index (χ4v) is 5.23. The minimum absolute atomic E-state index is 0.0178. The third kappa shape index (κ3) is 18.1. The lowest BCUT2D eigenvalue weighted by atomic mass is 9.96. The van der Waals surface area contributed by atoms with Crippen molar-refractivity contribution in [3.8, 4) is 0 Å². The molecule has 290 valence electrons. The van der Waals surface area contributed by atoms with E-state index in [-0.39, 0.29) is 49.5 Å². The molecule has 16 heteroatoms. The summed E-state index contributed by atoms with van der Waals surface area (Å²) in [4.78, 5) is 75.2. The standard InChI is InChI=1S/C34H64N6O10/c1-16(2)11-22(38-32(47)29(44)21(10)37-27(43)15-23(35)18(5)6)14-26(42)40-28(19(7)8)31(46)33(48)36-20(9)13-25(41)39-24(12-17(3)4)30(45)34(49)50/h16-24,28-31,44-46H,11-15,35H2,1-10H3,(H,36,48)(H,37,43)(H,38,47)(H,39,41)(H,40,42)(H,49,50)/t20-,21-,22-,23+,24-,28-,29-,30-,31-/m0/s1. The van der Waals surface area contributed by atoms with E-state index < -0.39 is 89.9 Å². The lowest BCUT2D eigenvalue weighted by Crippen LogP contribution is -2.56. The molecule has 0 aromatic carbocycles. The van der Waals surface area contributed by atoms with Gasteiger partial charge in [-0.05, 0) is 50.4 Å². The number of rotatable bonds is 23. The maximum absolute atomic E-state index is 13.2. The van der Waals surface area contributed by atoms with Crippen molar-refractivity contribution in [3.63, 3.8) is 0 Å². The quantitative estimate of drug-likeness (QED) is 0.0645. The number of nitrogens with two attached hydrogens (primary N) is 1. The lowest BCUT2D eigenvalue weighted by Gasteiger charge is -2.29. The molecule has 0 aliphatic carbocycles. The molecule has 9 atom stereocenters. The minimum atomic E-state index is -1.81. The molecule has 0 radical (unpaired) electrons. The van der Waals surface area contributed by atoms with Gasteiger partial charge in [0.1, 0.15) is 0 Å². The van der Waals surface area contributed by atoms with Crippen LogP contribution in [-0.4, -0.2) is 110 Å². The van der Waals surface area contributed by atoms with E-state index in [1.54, 1.807) is 13.8 Å². The number of carbonyl (C=O) groups is 6. The number of carboxylic acids is 1. The van der Waals surface area contributed by atoms with Crippen molar-refractivity contribution in [1.82, 2.24) is 26.6 Å². The van der Waals surface area contributed by atoms with E-state index in [0.717, 1.165) is 0 Å². The fraction of sp³-hybridized carbons (Fsp3) is 0.824. The fourth-order valence-electron chi connectivity index (χ4n) is 5.23. The smallest absolute Gasteiger partial charge is 0.334 e. The van der Waals surface area contributed by atoms with Crippen LogP contribution < -0.4 is 32.3 Å². The van der Waals surface area contributed by atoms with Crippen LogP contribution in [0.15, 0.2) is 0 Å². The first-order valence-electron chi connectivity index (χ1n) is 17.5. The summed E-state index contributed by atoms with van der Waals surface area (Å²) in [6.45, 7) is 17.5. The lowest BCUT2D eigenvalue weighted by molar-refractivity contribution is -0.149. The Kier molecular flexibility index (Phi) is 21.0. The number of hydrogen-bond acceptors (Lipinski definition) is 10. The number of aliphatic hydroxyl groups is 3. The van der Waals surface area contributed by atoms with Crippen molar-refractivity contribution in [1.29, 1.82) is 0 Å².